The van der Waals surface area contributed by atoms with Gasteiger partial charge in [0.2, 0.25) is 17.7 Å². The van der Waals surface area contributed by atoms with Crippen molar-refractivity contribution in [3.8, 4) is 17.9 Å². The summed E-state index contributed by atoms with van der Waals surface area (Å²) >= 11 is 0. The molecule has 3 aliphatic rings. The third-order valence-corrected chi connectivity index (χ3v) is 14.4. The van der Waals surface area contributed by atoms with Crippen molar-refractivity contribution in [2.24, 2.45) is 5.11 Å². The van der Waals surface area contributed by atoms with Gasteiger partial charge in [0, 0.05) is 130 Å². The van der Waals surface area contributed by atoms with E-state index in [9.17, 15) is 28.8 Å². The SMILES string of the molecule is CO[C@H]1C#CCCN(C(=O)CCC(=O)O)C[C@@H]1OC.CO[C@H]1CN(C(=O)CCC(=O)O)CCc2c(nnn2Cc2ccccc2)[C@@H]1OC.CO[C@H]1CN(C(=O)CCC(=O)O)CCc2nnn(Cc3ccccc3)c2[C@@H]1OC.[2H]C([2H])([2H])C#N.[N-]=[N+]=NCc1ccccc1. The first-order chi connectivity index (χ1) is 44.6. The van der Waals surface area contributed by atoms with Crippen LogP contribution in [0.15, 0.2) is 96.1 Å². The lowest BCUT2D eigenvalue weighted by atomic mass is 10.0. The van der Waals surface area contributed by atoms with Crippen molar-refractivity contribution in [1.82, 2.24) is 44.7 Å². The molecule has 0 aliphatic carbocycles. The van der Waals surface area contributed by atoms with Crippen LogP contribution in [-0.2, 0) is 89.7 Å². The largest absolute Gasteiger partial charge is 0.481 e. The maximum Gasteiger partial charge on any atom is 0.303 e. The molecule has 3 aliphatic heterocycles. The number of carbonyl (C=O) groups is 6. The standard InChI is InChI=1S/2C20H26N4O5.C13H19NO5.C7H7N3.C2H3N/c1-28-16-13-23(17(25)8-9-18(26)27)11-10-15-19(20(16)29-2)21-22-24(15)12-14-6-4-3-5-7-14;1-28-16-13-23(17(25)8-9-18(26)27)11-10-15-19(20(16)29-2)24(22-21-15)12-14-6-4-3-5-7-14;1-18-10-5-3-4-8-14(9-11(10)19-2)12(15)6-7-13(16)17;8-10-9-6-7-4-2-1-3-5-7;1-2-3/h2*3-7,16,20H,8-13H2,1-2H3,(H,26,27);10-11H,4,6-9H2,1-2H3,(H,16,17);1-5H,6H2;1H3/t2*16-,20+;10-,11-;;/m000../s1/i;;;;1D3. The fourth-order valence-electron chi connectivity index (χ4n) is 9.75. The number of carboxylic acids is 3. The number of hydrogen-bond donors (Lipinski definition) is 3. The van der Waals surface area contributed by atoms with Gasteiger partial charge in [-0.3, -0.25) is 28.8 Å². The lowest BCUT2D eigenvalue weighted by Gasteiger charge is -2.33. The second-order valence-electron chi connectivity index (χ2n) is 20.2. The number of benzene rings is 3. The molecule has 0 saturated heterocycles. The van der Waals surface area contributed by atoms with Crippen LogP contribution in [-0.4, -0.2) is 202 Å². The number of amides is 3. The molecule has 3 N–H and O–H groups in total. The van der Waals surface area contributed by atoms with Crippen molar-refractivity contribution in [2.75, 3.05) is 81.9 Å². The number of nitrogens with zero attached hydrogens (tertiary/aromatic N) is 13. The molecule has 2 aromatic heterocycles. The van der Waals surface area contributed by atoms with Gasteiger partial charge in [0.25, 0.3) is 0 Å². The quantitative estimate of drug-likeness (QED) is 0.0343. The van der Waals surface area contributed by atoms with Crippen LogP contribution in [0.2, 0.25) is 0 Å². The van der Waals surface area contributed by atoms with Crippen LogP contribution in [0.25, 0.3) is 10.4 Å². The normalized spacial score (nSPS) is 18.9. The fraction of sp³-hybridized carbons (Fsp3) is 0.500. The minimum absolute atomic E-state index is 0.00313. The zero-order chi connectivity index (χ0) is 68.3. The van der Waals surface area contributed by atoms with Gasteiger partial charge in [0.15, 0.2) is 0 Å². The molecule has 6 atom stereocenters. The molecule has 0 saturated carbocycles. The maximum atomic E-state index is 12.6. The lowest BCUT2D eigenvalue weighted by Crippen LogP contribution is -2.44. The molecule has 8 rings (SSSR count). The summed E-state index contributed by atoms with van der Waals surface area (Å²) in [4.78, 5) is 76.7. The van der Waals surface area contributed by atoms with E-state index in [2.05, 4.69) is 42.5 Å². The van der Waals surface area contributed by atoms with E-state index < -0.39 is 49.2 Å². The molecular weight excluding hydrogens is 1170 g/mol. The maximum absolute atomic E-state index is 12.6. The zero-order valence-electron chi connectivity index (χ0n) is 54.4. The number of azide groups is 1. The molecule has 0 fully saturated rings. The number of methoxy groups -OCH3 is 6. The number of carboxylic acid groups (broad SMARTS) is 3. The van der Waals surface area contributed by atoms with Gasteiger partial charge >= 0.3 is 17.9 Å². The number of aliphatic carboxylic acids is 3. The molecule has 0 unspecified atom stereocenters. The highest BCUT2D eigenvalue weighted by molar-refractivity contribution is 5.82. The Bertz CT molecular complexity index is 3300. The second kappa shape index (κ2) is 40.4. The van der Waals surface area contributed by atoms with Gasteiger partial charge in [-0.05, 0) is 22.2 Å². The lowest BCUT2D eigenvalue weighted by molar-refractivity contribution is -0.142. The summed E-state index contributed by atoms with van der Waals surface area (Å²) in [7, 11) is 9.40. The van der Waals surface area contributed by atoms with E-state index in [4.69, 9.17) is 58.6 Å². The van der Waals surface area contributed by atoms with E-state index in [-0.39, 0.29) is 68.5 Å². The molecule has 28 nitrogen and oxygen atoms in total. The Balaban J connectivity index is 0.000000269. The summed E-state index contributed by atoms with van der Waals surface area (Å²) in [5.41, 5.74) is 14.4. The highest BCUT2D eigenvalue weighted by Gasteiger charge is 2.37. The van der Waals surface area contributed by atoms with Gasteiger partial charge in [-0.2, -0.15) is 5.26 Å². The first kappa shape index (κ1) is 68.4. The molecule has 28 heteroatoms. The highest BCUT2D eigenvalue weighted by atomic mass is 16.5. The van der Waals surface area contributed by atoms with E-state index in [0.29, 0.717) is 83.9 Å². The van der Waals surface area contributed by atoms with Crippen LogP contribution in [0, 0.1) is 23.2 Å². The van der Waals surface area contributed by atoms with E-state index in [0.717, 1.165) is 39.8 Å². The smallest absolute Gasteiger partial charge is 0.303 e. The number of aromatic nitrogens is 6. The van der Waals surface area contributed by atoms with Crippen LogP contribution in [0.4, 0.5) is 0 Å². The number of rotatable bonds is 21. The molecule has 5 heterocycles. The van der Waals surface area contributed by atoms with E-state index >= 15 is 0 Å². The van der Waals surface area contributed by atoms with Gasteiger partial charge in [0.1, 0.15) is 42.3 Å². The monoisotopic (exact) mass is 1250 g/mol. The molecule has 3 amide bonds. The minimum atomic E-state index is -2.40. The Labute approximate surface area is 527 Å². The Kier molecular flexibility index (Phi) is 30.7. The minimum Gasteiger partial charge on any atom is -0.481 e. The van der Waals surface area contributed by atoms with Crippen molar-refractivity contribution in [1.29, 1.82) is 5.26 Å². The topological polar surface area (TPSA) is 362 Å². The number of ether oxygens (including phenoxy) is 6. The Hall–Kier alpha value is -9.12. The van der Waals surface area contributed by atoms with Gasteiger partial charge in [-0.1, -0.05) is 118 Å². The van der Waals surface area contributed by atoms with E-state index in [1.54, 1.807) is 57.4 Å². The average Bonchev–Trinajstić information content (AvgIpc) is 1.73. The van der Waals surface area contributed by atoms with Crippen molar-refractivity contribution in [2.45, 2.75) is 121 Å². The van der Waals surface area contributed by atoms with Crippen molar-refractivity contribution < 1.29 is 76.6 Å². The van der Waals surface area contributed by atoms with Crippen LogP contribution in [0.3, 0.4) is 0 Å². The van der Waals surface area contributed by atoms with Crippen LogP contribution >= 0.6 is 0 Å². The summed E-state index contributed by atoms with van der Waals surface area (Å²) in [6.07, 6.45) is -1.53. The number of carbonyl (C=O) groups excluding carboxylic acids is 3. The molecular formula is C62H81N13O15. The van der Waals surface area contributed by atoms with Crippen molar-refractivity contribution in [3.05, 3.63) is 141 Å². The van der Waals surface area contributed by atoms with Crippen LogP contribution in [0.1, 0.15) is 108 Å². The molecule has 0 bridgehead atoms. The van der Waals surface area contributed by atoms with Crippen LogP contribution in [0.5, 0.6) is 0 Å². The molecule has 0 spiro atoms. The van der Waals surface area contributed by atoms with E-state index in [1.807, 2.05) is 100 Å². The average molecular weight is 1250 g/mol. The molecule has 0 radical (unpaired) electrons. The molecule has 3 aromatic carbocycles. The van der Waals surface area contributed by atoms with Gasteiger partial charge < -0.3 is 58.4 Å². The fourth-order valence-corrected chi connectivity index (χ4v) is 9.75. The summed E-state index contributed by atoms with van der Waals surface area (Å²) < 4.78 is 55.3. The Morgan fingerprint density at radius 1 is 0.611 bits per heavy atom. The Morgan fingerprint density at radius 2 is 1.06 bits per heavy atom. The van der Waals surface area contributed by atoms with Gasteiger partial charge in [-0.25, -0.2) is 9.36 Å². The van der Waals surface area contributed by atoms with Crippen LogP contribution < -0.4 is 0 Å². The van der Waals surface area contributed by atoms with Gasteiger partial charge in [-0.15, -0.1) is 10.2 Å². The third-order valence-electron chi connectivity index (χ3n) is 14.4. The highest BCUT2D eigenvalue weighted by Crippen LogP contribution is 2.30. The predicted molar refractivity (Wildman–Crippen MR) is 325 cm³/mol. The second-order valence-corrected chi connectivity index (χ2v) is 20.2. The van der Waals surface area contributed by atoms with Crippen molar-refractivity contribution in [3.63, 3.8) is 0 Å². The zero-order valence-corrected chi connectivity index (χ0v) is 51.4. The molecule has 5 aromatic rings. The third kappa shape index (κ3) is 24.1. The number of hydrogen-bond acceptors (Lipinski definition) is 18. The molecule has 484 valence electrons. The number of fused-ring (bicyclic) bond motifs is 2. The summed E-state index contributed by atoms with van der Waals surface area (Å²) in [6, 6.07) is 30.6. The summed E-state index contributed by atoms with van der Waals surface area (Å²) in [5.74, 6) is 2.31. The number of nitriles is 1. The first-order valence-electron chi connectivity index (χ1n) is 30.2. The summed E-state index contributed by atoms with van der Waals surface area (Å²) in [5, 5.41) is 54.7. The first-order valence-corrected chi connectivity index (χ1v) is 28.7. The van der Waals surface area contributed by atoms with E-state index in [1.165, 1.54) is 0 Å². The Morgan fingerprint density at radius 3 is 1.51 bits per heavy atom. The van der Waals surface area contributed by atoms with Gasteiger partial charge in [0.05, 0.1) is 68.6 Å². The summed E-state index contributed by atoms with van der Waals surface area (Å²) in [6.45, 7) is 1.48. The van der Waals surface area contributed by atoms with Crippen molar-refractivity contribution >= 4 is 35.6 Å². The molecule has 90 heavy (non-hydrogen) atoms. The predicted octanol–water partition coefficient (Wildman–Crippen LogP) is 5.70.